The molecule has 0 spiro atoms. The van der Waals surface area contributed by atoms with E-state index in [0.717, 1.165) is 48.7 Å². The van der Waals surface area contributed by atoms with Gasteiger partial charge in [0.15, 0.2) is 11.6 Å². The first-order chi connectivity index (χ1) is 24.5. The molecule has 1 saturated heterocycles. The molecular formula is C37H40F4N8O2. The van der Waals surface area contributed by atoms with Crippen molar-refractivity contribution in [3.05, 3.63) is 88.9 Å². The molecule has 6 heterocycles. The van der Waals surface area contributed by atoms with Crippen LogP contribution >= 0.6 is 0 Å². The number of piperazine rings is 1. The van der Waals surface area contributed by atoms with Gasteiger partial charge in [0.25, 0.3) is 0 Å². The summed E-state index contributed by atoms with van der Waals surface area (Å²) in [6.07, 6.45) is 2.14. The van der Waals surface area contributed by atoms with Gasteiger partial charge in [-0.05, 0) is 47.9 Å². The van der Waals surface area contributed by atoms with Crippen molar-refractivity contribution >= 4 is 16.9 Å². The first-order valence-electron chi connectivity index (χ1n) is 17.2. The quantitative estimate of drug-likeness (QED) is 0.175. The summed E-state index contributed by atoms with van der Waals surface area (Å²) in [4.78, 5) is 31.7. The lowest BCUT2D eigenvalue weighted by Gasteiger charge is -2.34. The predicted octanol–water partition coefficient (Wildman–Crippen LogP) is 6.52. The predicted molar refractivity (Wildman–Crippen MR) is 184 cm³/mol. The van der Waals surface area contributed by atoms with Crippen molar-refractivity contribution in [2.45, 2.75) is 51.9 Å². The molecule has 5 aromatic rings. The SMILES string of the molecule is CC[C@@H]1CN(C(=O)Cc2ccc(CN3CCN(CC)CC3)c(C(F)(F)F)c2)Cc2cc(Oc3c(F)cnc4[nH]c(-c5cnn(C)c5)cc34)cnc21. The smallest absolute Gasteiger partial charge is 0.416 e. The number of benzene rings is 1. The van der Waals surface area contributed by atoms with Crippen LogP contribution in [-0.2, 0) is 37.5 Å². The molecule has 2 aliphatic rings. The van der Waals surface area contributed by atoms with Crippen LogP contribution in [0.4, 0.5) is 17.6 Å². The topological polar surface area (TPSA) is 95.4 Å². The fourth-order valence-electron chi connectivity index (χ4n) is 7.07. The van der Waals surface area contributed by atoms with Gasteiger partial charge in [-0.3, -0.25) is 19.4 Å². The molecule has 1 aromatic carbocycles. The number of H-pyrrole nitrogens is 1. The summed E-state index contributed by atoms with van der Waals surface area (Å²) in [7, 11) is 1.80. The van der Waals surface area contributed by atoms with E-state index < -0.39 is 17.6 Å². The number of pyridine rings is 2. The second kappa shape index (κ2) is 14.1. The fraction of sp³-hybridized carbons (Fsp3) is 0.405. The lowest BCUT2D eigenvalue weighted by Crippen LogP contribution is -2.45. The van der Waals surface area contributed by atoms with Gasteiger partial charge in [-0.1, -0.05) is 26.0 Å². The van der Waals surface area contributed by atoms with E-state index in [-0.39, 0.29) is 48.4 Å². The number of likely N-dealkylation sites (N-methyl/N-ethyl adjacent to an activating group) is 1. The maximum atomic E-state index is 15.2. The molecule has 1 N–H and O–H groups in total. The molecule has 0 unspecified atom stereocenters. The summed E-state index contributed by atoms with van der Waals surface area (Å²) in [5, 5.41) is 4.64. The van der Waals surface area contributed by atoms with Crippen molar-refractivity contribution in [3.63, 3.8) is 0 Å². The van der Waals surface area contributed by atoms with Gasteiger partial charge in [-0.25, -0.2) is 9.37 Å². The Balaban J connectivity index is 1.09. The number of nitrogens with one attached hydrogen (secondary N) is 1. The molecule has 0 radical (unpaired) electrons. The zero-order valence-electron chi connectivity index (χ0n) is 28.8. The number of rotatable bonds is 9. The van der Waals surface area contributed by atoms with Gasteiger partial charge in [-0.2, -0.15) is 18.3 Å². The van der Waals surface area contributed by atoms with Crippen LogP contribution in [0, 0.1) is 5.82 Å². The van der Waals surface area contributed by atoms with Crippen LogP contribution in [0.2, 0.25) is 0 Å². The number of hydrogen-bond acceptors (Lipinski definition) is 7. The summed E-state index contributed by atoms with van der Waals surface area (Å²) in [6.45, 7) is 8.89. The lowest BCUT2D eigenvalue weighted by molar-refractivity contribution is -0.139. The number of aromatic nitrogens is 5. The maximum Gasteiger partial charge on any atom is 0.416 e. The summed E-state index contributed by atoms with van der Waals surface area (Å²) in [5.74, 6) is -0.738. The average Bonchev–Trinajstić information content (AvgIpc) is 3.76. The number of halogens is 4. The number of carbonyl (C=O) groups is 1. The summed E-state index contributed by atoms with van der Waals surface area (Å²) < 4.78 is 65.7. The highest BCUT2D eigenvalue weighted by atomic mass is 19.4. The van der Waals surface area contributed by atoms with E-state index in [2.05, 4.69) is 31.9 Å². The minimum atomic E-state index is -4.54. The van der Waals surface area contributed by atoms with Crippen molar-refractivity contribution in [3.8, 4) is 22.8 Å². The number of carbonyl (C=O) groups excluding carboxylic acids is 1. The van der Waals surface area contributed by atoms with Crippen LogP contribution in [0.25, 0.3) is 22.3 Å². The van der Waals surface area contributed by atoms with E-state index >= 15 is 4.39 Å². The summed E-state index contributed by atoms with van der Waals surface area (Å²) >= 11 is 0. The highest BCUT2D eigenvalue weighted by molar-refractivity contribution is 5.88. The highest BCUT2D eigenvalue weighted by Crippen LogP contribution is 2.38. The molecule has 0 saturated carbocycles. The van der Waals surface area contributed by atoms with Crippen LogP contribution in [0.15, 0.2) is 55.1 Å². The molecule has 4 aromatic heterocycles. The third kappa shape index (κ3) is 7.33. The van der Waals surface area contributed by atoms with Crippen molar-refractivity contribution in [2.24, 2.45) is 7.05 Å². The molecule has 14 heteroatoms. The van der Waals surface area contributed by atoms with Gasteiger partial charge in [-0.15, -0.1) is 0 Å². The number of amides is 1. The Labute approximate surface area is 293 Å². The number of nitrogens with zero attached hydrogens (tertiary/aromatic N) is 7. The number of ether oxygens (including phenoxy) is 1. The molecule has 7 rings (SSSR count). The van der Waals surface area contributed by atoms with Crippen LogP contribution in [0.5, 0.6) is 11.5 Å². The van der Waals surface area contributed by atoms with E-state index in [1.54, 1.807) is 47.2 Å². The number of fused-ring (bicyclic) bond motifs is 2. The Morgan fingerprint density at radius 2 is 1.80 bits per heavy atom. The Morgan fingerprint density at radius 1 is 1.02 bits per heavy atom. The standard InChI is InChI=1S/C37H40F4N8O2/c1-4-24-21-49(33(50)13-23-6-7-25(30(12-23)37(39,40)41)20-48-10-8-47(5-2)9-11-48)22-26-14-28(17-42-34(24)26)51-35-29-15-32(27-16-44-46(3)19-27)45-36(29)43-18-31(35)38/h6-7,12,14-19,24H,4-5,8-11,13,20-22H2,1-3H3,(H,43,45)/t24-/m1/s1. The van der Waals surface area contributed by atoms with E-state index in [4.69, 9.17) is 4.74 Å². The third-order valence-corrected chi connectivity index (χ3v) is 9.95. The number of hydrogen-bond donors (Lipinski definition) is 1. The number of alkyl halides is 3. The van der Waals surface area contributed by atoms with Gasteiger partial charge in [0.05, 0.1) is 47.3 Å². The van der Waals surface area contributed by atoms with Gasteiger partial charge in [0.1, 0.15) is 11.4 Å². The molecule has 1 atom stereocenters. The van der Waals surface area contributed by atoms with Crippen LogP contribution in [0.3, 0.4) is 0 Å². The van der Waals surface area contributed by atoms with Crippen molar-refractivity contribution in [1.82, 2.24) is 39.4 Å². The Hall–Kier alpha value is -4.82. The normalized spacial score (nSPS) is 17.2. The van der Waals surface area contributed by atoms with E-state index in [1.807, 2.05) is 18.0 Å². The lowest BCUT2D eigenvalue weighted by atomic mass is 9.92. The van der Waals surface area contributed by atoms with Gasteiger partial charge in [0, 0.05) is 70.5 Å². The van der Waals surface area contributed by atoms with Gasteiger partial charge >= 0.3 is 6.18 Å². The van der Waals surface area contributed by atoms with Gasteiger partial charge < -0.3 is 19.5 Å². The van der Waals surface area contributed by atoms with E-state index in [0.29, 0.717) is 48.3 Å². The average molecular weight is 705 g/mol. The second-order valence-electron chi connectivity index (χ2n) is 13.4. The fourth-order valence-corrected chi connectivity index (χ4v) is 7.07. The molecule has 1 fully saturated rings. The van der Waals surface area contributed by atoms with Crippen LogP contribution in [-0.4, -0.2) is 84.6 Å². The molecule has 268 valence electrons. The van der Waals surface area contributed by atoms with Crippen molar-refractivity contribution in [2.75, 3.05) is 39.3 Å². The first-order valence-corrected chi connectivity index (χ1v) is 17.2. The largest absolute Gasteiger partial charge is 0.452 e. The zero-order chi connectivity index (χ0) is 35.9. The van der Waals surface area contributed by atoms with Gasteiger partial charge in [0.2, 0.25) is 5.91 Å². The van der Waals surface area contributed by atoms with Crippen molar-refractivity contribution < 1.29 is 27.1 Å². The van der Waals surface area contributed by atoms with Crippen molar-refractivity contribution in [1.29, 1.82) is 0 Å². The summed E-state index contributed by atoms with van der Waals surface area (Å²) in [6, 6.07) is 7.79. The molecule has 51 heavy (non-hydrogen) atoms. The minimum absolute atomic E-state index is 0.0175. The van der Waals surface area contributed by atoms with E-state index in [9.17, 15) is 18.0 Å². The minimum Gasteiger partial charge on any atom is -0.452 e. The number of aromatic amines is 1. The summed E-state index contributed by atoms with van der Waals surface area (Å²) in [5.41, 5.74) is 3.34. The monoisotopic (exact) mass is 704 g/mol. The van der Waals surface area contributed by atoms with Crippen LogP contribution < -0.4 is 4.74 Å². The zero-order valence-corrected chi connectivity index (χ0v) is 28.8. The maximum absolute atomic E-state index is 15.2. The molecule has 0 aliphatic carbocycles. The first kappa shape index (κ1) is 34.6. The third-order valence-electron chi connectivity index (χ3n) is 9.95. The molecular weight excluding hydrogens is 664 g/mol. The number of aryl methyl sites for hydroxylation is 1. The molecule has 0 bridgehead atoms. The Morgan fingerprint density at radius 3 is 2.51 bits per heavy atom. The van der Waals surface area contributed by atoms with E-state index in [1.165, 1.54) is 6.07 Å². The Kier molecular flexibility index (Phi) is 9.55. The molecule has 10 nitrogen and oxygen atoms in total. The molecule has 2 aliphatic heterocycles. The van der Waals surface area contributed by atoms with Crippen LogP contribution in [0.1, 0.15) is 54.1 Å². The molecule has 1 amide bonds. The second-order valence-corrected chi connectivity index (χ2v) is 13.4. The highest BCUT2D eigenvalue weighted by Gasteiger charge is 2.35. The Bertz CT molecular complexity index is 2050.